The van der Waals surface area contributed by atoms with Gasteiger partial charge >= 0.3 is 5.97 Å². The molecule has 1 spiro atoms. The molecule has 5 nitrogen and oxygen atoms in total. The fraction of sp³-hybridized carbons (Fsp3) is 0.529. The summed E-state index contributed by atoms with van der Waals surface area (Å²) >= 11 is 6.06. The van der Waals surface area contributed by atoms with Gasteiger partial charge in [-0.05, 0) is 42.4 Å². The lowest BCUT2D eigenvalue weighted by molar-refractivity contribution is -0.142. The van der Waals surface area contributed by atoms with Crippen LogP contribution in [-0.4, -0.2) is 24.1 Å². The fourth-order valence-electron chi connectivity index (χ4n) is 3.74. The van der Waals surface area contributed by atoms with Crippen LogP contribution in [0.3, 0.4) is 0 Å². The molecule has 1 aromatic carbocycles. The smallest absolute Gasteiger partial charge is 0.330 e. The summed E-state index contributed by atoms with van der Waals surface area (Å²) in [5.74, 6) is -0.828. The topological polar surface area (TPSA) is 75.6 Å². The number of halogens is 1. The SMILES string of the molecule is COc1ccc(C(NC(=O)C2CC23CCCC3)C(=O)O)cc1Cl. The Kier molecular flexibility index (Phi) is 4.23. The van der Waals surface area contributed by atoms with E-state index >= 15 is 0 Å². The summed E-state index contributed by atoms with van der Waals surface area (Å²) in [5.41, 5.74) is 0.586. The van der Waals surface area contributed by atoms with E-state index in [2.05, 4.69) is 5.32 Å². The number of rotatable bonds is 5. The summed E-state index contributed by atoms with van der Waals surface area (Å²) in [5, 5.41) is 12.5. The second kappa shape index (κ2) is 6.04. The molecular formula is C17H20ClNO4. The molecule has 6 heteroatoms. The number of hydrogen-bond acceptors (Lipinski definition) is 3. The van der Waals surface area contributed by atoms with Crippen LogP contribution in [-0.2, 0) is 9.59 Å². The monoisotopic (exact) mass is 337 g/mol. The maximum Gasteiger partial charge on any atom is 0.330 e. The van der Waals surface area contributed by atoms with Gasteiger partial charge < -0.3 is 15.2 Å². The van der Waals surface area contributed by atoms with Crippen molar-refractivity contribution in [1.29, 1.82) is 0 Å². The molecule has 0 saturated heterocycles. The van der Waals surface area contributed by atoms with E-state index < -0.39 is 12.0 Å². The standard InChI is InChI=1S/C17H20ClNO4/c1-23-13-5-4-10(8-12(13)18)14(16(21)22)19-15(20)11-9-17(11)6-2-3-7-17/h4-5,8,11,14H,2-3,6-7,9H2,1H3,(H,19,20)(H,21,22). The minimum Gasteiger partial charge on any atom is -0.495 e. The summed E-state index contributed by atoms with van der Waals surface area (Å²) < 4.78 is 5.07. The van der Waals surface area contributed by atoms with Gasteiger partial charge in [-0.15, -0.1) is 0 Å². The van der Waals surface area contributed by atoms with E-state index in [1.54, 1.807) is 12.1 Å². The molecule has 23 heavy (non-hydrogen) atoms. The van der Waals surface area contributed by atoms with Crippen LogP contribution in [0.15, 0.2) is 18.2 Å². The second-order valence-electron chi connectivity index (χ2n) is 6.50. The molecule has 0 bridgehead atoms. The predicted octanol–water partition coefficient (Wildman–Crippen LogP) is 3.17. The summed E-state index contributed by atoms with van der Waals surface area (Å²) in [6.45, 7) is 0. The number of methoxy groups -OCH3 is 1. The Balaban J connectivity index is 1.73. The highest BCUT2D eigenvalue weighted by molar-refractivity contribution is 6.32. The van der Waals surface area contributed by atoms with E-state index in [4.69, 9.17) is 16.3 Å². The van der Waals surface area contributed by atoms with Crippen LogP contribution in [0.4, 0.5) is 0 Å². The zero-order valence-corrected chi connectivity index (χ0v) is 13.7. The Hall–Kier alpha value is -1.75. The zero-order chi connectivity index (χ0) is 16.6. The molecule has 1 aromatic rings. The van der Waals surface area contributed by atoms with Gasteiger partial charge in [0.1, 0.15) is 5.75 Å². The van der Waals surface area contributed by atoms with Crippen molar-refractivity contribution in [3.8, 4) is 5.75 Å². The van der Waals surface area contributed by atoms with Crippen LogP contribution < -0.4 is 10.1 Å². The first-order valence-corrected chi connectivity index (χ1v) is 8.21. The molecule has 2 aliphatic rings. The minimum atomic E-state index is -1.10. The zero-order valence-electron chi connectivity index (χ0n) is 13.0. The van der Waals surface area contributed by atoms with Crippen molar-refractivity contribution in [3.63, 3.8) is 0 Å². The van der Waals surface area contributed by atoms with Crippen molar-refractivity contribution >= 4 is 23.5 Å². The van der Waals surface area contributed by atoms with Crippen LogP contribution in [0, 0.1) is 11.3 Å². The lowest BCUT2D eigenvalue weighted by Gasteiger charge is -2.17. The van der Waals surface area contributed by atoms with E-state index in [9.17, 15) is 14.7 Å². The lowest BCUT2D eigenvalue weighted by Crippen LogP contribution is -2.35. The molecule has 2 fully saturated rings. The summed E-state index contributed by atoms with van der Waals surface area (Å²) in [7, 11) is 1.49. The van der Waals surface area contributed by atoms with E-state index in [0.29, 0.717) is 16.3 Å². The molecule has 2 aliphatic carbocycles. The maximum atomic E-state index is 12.4. The average Bonchev–Trinajstić information content (AvgIpc) is 3.01. The van der Waals surface area contributed by atoms with Gasteiger partial charge in [0, 0.05) is 5.92 Å². The van der Waals surface area contributed by atoms with Gasteiger partial charge in [-0.3, -0.25) is 4.79 Å². The summed E-state index contributed by atoms with van der Waals surface area (Å²) in [6.07, 6.45) is 5.38. The third-order valence-electron chi connectivity index (χ3n) is 5.15. The molecule has 1 amide bonds. The Morgan fingerprint density at radius 2 is 2.09 bits per heavy atom. The number of carbonyl (C=O) groups is 2. The van der Waals surface area contributed by atoms with Crippen LogP contribution >= 0.6 is 11.6 Å². The van der Waals surface area contributed by atoms with Crippen LogP contribution in [0.2, 0.25) is 5.02 Å². The first-order chi connectivity index (χ1) is 11.0. The number of aliphatic carboxylic acids is 1. The van der Waals surface area contributed by atoms with E-state index in [0.717, 1.165) is 19.3 Å². The average molecular weight is 338 g/mol. The number of ether oxygens (including phenoxy) is 1. The fourth-order valence-corrected chi connectivity index (χ4v) is 4.01. The van der Waals surface area contributed by atoms with Gasteiger partial charge in [-0.2, -0.15) is 0 Å². The third-order valence-corrected chi connectivity index (χ3v) is 5.44. The third kappa shape index (κ3) is 3.02. The quantitative estimate of drug-likeness (QED) is 0.865. The Bertz CT molecular complexity index is 639. The Morgan fingerprint density at radius 3 is 2.65 bits per heavy atom. The molecule has 0 heterocycles. The summed E-state index contributed by atoms with van der Waals surface area (Å²) in [6, 6.07) is 3.65. The molecule has 2 N–H and O–H groups in total. The molecule has 0 aliphatic heterocycles. The largest absolute Gasteiger partial charge is 0.495 e. The Morgan fingerprint density at radius 1 is 1.39 bits per heavy atom. The highest BCUT2D eigenvalue weighted by Gasteiger charge is 2.58. The van der Waals surface area contributed by atoms with Gasteiger partial charge in [-0.1, -0.05) is 30.5 Å². The van der Waals surface area contributed by atoms with Gasteiger partial charge in [-0.25, -0.2) is 4.79 Å². The number of benzene rings is 1. The number of carbonyl (C=O) groups excluding carboxylic acids is 1. The van der Waals surface area contributed by atoms with Gasteiger partial charge in [0.25, 0.3) is 0 Å². The number of nitrogens with one attached hydrogen (secondary N) is 1. The summed E-state index contributed by atoms with van der Waals surface area (Å²) in [4.78, 5) is 24.0. The Labute approximate surface area is 140 Å². The minimum absolute atomic E-state index is 0.0411. The number of hydrogen-bond donors (Lipinski definition) is 2. The van der Waals surface area contributed by atoms with Crippen molar-refractivity contribution in [2.75, 3.05) is 7.11 Å². The van der Waals surface area contributed by atoms with E-state index in [1.807, 2.05) is 0 Å². The number of amides is 1. The number of carboxylic acid groups (broad SMARTS) is 1. The van der Waals surface area contributed by atoms with Crippen molar-refractivity contribution < 1.29 is 19.4 Å². The molecule has 2 atom stereocenters. The normalized spacial score (nSPS) is 22.6. The molecule has 3 rings (SSSR count). The molecule has 124 valence electrons. The van der Waals surface area contributed by atoms with Crippen LogP contribution in [0.1, 0.15) is 43.7 Å². The van der Waals surface area contributed by atoms with Crippen molar-refractivity contribution in [3.05, 3.63) is 28.8 Å². The second-order valence-corrected chi connectivity index (χ2v) is 6.91. The highest BCUT2D eigenvalue weighted by atomic mass is 35.5. The van der Waals surface area contributed by atoms with Crippen molar-refractivity contribution in [2.24, 2.45) is 11.3 Å². The molecule has 0 radical (unpaired) electrons. The molecule has 2 saturated carbocycles. The van der Waals surface area contributed by atoms with Gasteiger partial charge in [0.05, 0.1) is 12.1 Å². The molecular weight excluding hydrogens is 318 g/mol. The molecule has 0 aromatic heterocycles. The van der Waals surface area contributed by atoms with Crippen molar-refractivity contribution in [2.45, 2.75) is 38.1 Å². The number of carboxylic acids is 1. The van der Waals surface area contributed by atoms with Gasteiger partial charge in [0.15, 0.2) is 6.04 Å². The van der Waals surface area contributed by atoms with E-state index in [1.165, 1.54) is 26.0 Å². The van der Waals surface area contributed by atoms with E-state index in [-0.39, 0.29) is 17.2 Å². The first kappa shape index (κ1) is 16.1. The lowest BCUT2D eigenvalue weighted by atomic mass is 10.0. The molecule has 2 unspecified atom stereocenters. The highest BCUT2D eigenvalue weighted by Crippen LogP contribution is 2.62. The van der Waals surface area contributed by atoms with Gasteiger partial charge in [0.2, 0.25) is 5.91 Å². The predicted molar refractivity (Wildman–Crippen MR) is 85.5 cm³/mol. The van der Waals surface area contributed by atoms with Crippen LogP contribution in [0.5, 0.6) is 5.75 Å². The van der Waals surface area contributed by atoms with Crippen molar-refractivity contribution in [1.82, 2.24) is 5.32 Å². The van der Waals surface area contributed by atoms with Crippen LogP contribution in [0.25, 0.3) is 0 Å². The first-order valence-electron chi connectivity index (χ1n) is 7.83. The maximum absolute atomic E-state index is 12.4.